The highest BCUT2D eigenvalue weighted by Crippen LogP contribution is 2.31. The molecule has 36 heavy (non-hydrogen) atoms. The molecule has 0 spiro atoms. The summed E-state index contributed by atoms with van der Waals surface area (Å²) in [6, 6.07) is 12.5. The van der Waals surface area contributed by atoms with Crippen LogP contribution in [0.15, 0.2) is 47.4 Å². The number of nitriles is 1. The van der Waals surface area contributed by atoms with E-state index in [-0.39, 0.29) is 26.9 Å². The number of carboxylic acid groups (broad SMARTS) is 1. The number of piperazine rings is 1. The highest BCUT2D eigenvalue weighted by molar-refractivity contribution is 7.92. The van der Waals surface area contributed by atoms with Gasteiger partial charge in [-0.25, -0.2) is 18.2 Å². The van der Waals surface area contributed by atoms with E-state index in [2.05, 4.69) is 20.7 Å². The number of ether oxygens (including phenoxy) is 1. The Kier molecular flexibility index (Phi) is 7.49. The number of nitrogens with zero attached hydrogens (tertiary/aromatic N) is 4. The van der Waals surface area contributed by atoms with Crippen molar-refractivity contribution < 1.29 is 23.1 Å². The van der Waals surface area contributed by atoms with Crippen LogP contribution in [0.4, 0.5) is 11.5 Å². The van der Waals surface area contributed by atoms with Gasteiger partial charge in [0.25, 0.3) is 10.0 Å². The summed E-state index contributed by atoms with van der Waals surface area (Å²) in [7, 11) is -2.72. The molecule has 0 unspecified atom stereocenters. The second-order valence-electron chi connectivity index (χ2n) is 8.20. The SMILES string of the molecule is COc1ccc(Cl)cc1S(=O)(=O)Nc1ccc2nc(N3CCN(CCC#N)CC3)cc(C(=O)O)c2c1. The third-order valence-electron chi connectivity index (χ3n) is 5.93. The number of methoxy groups -OCH3 is 1. The van der Waals surface area contributed by atoms with Gasteiger partial charge in [-0.3, -0.25) is 9.62 Å². The minimum absolute atomic E-state index is 0.0169. The van der Waals surface area contributed by atoms with E-state index in [1.165, 1.54) is 43.5 Å². The van der Waals surface area contributed by atoms with Crippen LogP contribution in [0.1, 0.15) is 16.8 Å². The van der Waals surface area contributed by atoms with E-state index < -0.39 is 16.0 Å². The largest absolute Gasteiger partial charge is 0.495 e. The lowest BCUT2D eigenvalue weighted by atomic mass is 10.1. The number of sulfonamides is 1. The molecule has 0 saturated carbocycles. The quantitative estimate of drug-likeness (QED) is 0.449. The third-order valence-corrected chi connectivity index (χ3v) is 7.57. The molecule has 1 aliphatic heterocycles. The Hall–Kier alpha value is -3.59. The fourth-order valence-electron chi connectivity index (χ4n) is 4.09. The van der Waals surface area contributed by atoms with Crippen molar-refractivity contribution in [2.45, 2.75) is 11.3 Å². The topological polar surface area (TPSA) is 136 Å². The van der Waals surface area contributed by atoms with Gasteiger partial charge in [0.1, 0.15) is 16.5 Å². The number of hydrogen-bond acceptors (Lipinski definition) is 8. The molecule has 0 radical (unpaired) electrons. The van der Waals surface area contributed by atoms with Crippen LogP contribution < -0.4 is 14.4 Å². The van der Waals surface area contributed by atoms with Crippen LogP contribution in [0, 0.1) is 11.3 Å². The Morgan fingerprint density at radius 2 is 1.94 bits per heavy atom. The lowest BCUT2D eigenvalue weighted by molar-refractivity contribution is 0.0699. The molecule has 188 valence electrons. The van der Waals surface area contributed by atoms with E-state index in [0.29, 0.717) is 42.8 Å². The average Bonchev–Trinajstić information content (AvgIpc) is 2.86. The zero-order chi connectivity index (χ0) is 25.9. The van der Waals surface area contributed by atoms with Gasteiger partial charge in [-0.1, -0.05) is 11.6 Å². The van der Waals surface area contributed by atoms with Gasteiger partial charge in [0.05, 0.1) is 24.3 Å². The fraction of sp³-hybridized carbons (Fsp3) is 0.292. The van der Waals surface area contributed by atoms with Crippen molar-refractivity contribution in [3.8, 4) is 11.8 Å². The maximum absolute atomic E-state index is 13.0. The van der Waals surface area contributed by atoms with Gasteiger partial charge in [0, 0.05) is 55.2 Å². The molecule has 4 rings (SSSR count). The van der Waals surface area contributed by atoms with E-state index in [0.717, 1.165) is 13.1 Å². The third kappa shape index (κ3) is 5.46. The van der Waals surface area contributed by atoms with Gasteiger partial charge >= 0.3 is 5.97 Å². The minimum atomic E-state index is -4.08. The average molecular weight is 530 g/mol. The lowest BCUT2D eigenvalue weighted by Gasteiger charge is -2.35. The van der Waals surface area contributed by atoms with Gasteiger partial charge in [-0.05, 0) is 42.5 Å². The number of fused-ring (bicyclic) bond motifs is 1. The molecule has 0 amide bonds. The Labute approximate surface area is 213 Å². The molecule has 2 aromatic carbocycles. The number of carboxylic acids is 1. The number of pyridine rings is 1. The highest BCUT2D eigenvalue weighted by Gasteiger charge is 2.23. The standard InChI is InChI=1S/C24H24ClN5O5S/c1-35-21-6-3-16(25)13-22(21)36(33,34)28-17-4-5-20-18(14-17)19(24(31)32)15-23(27-20)30-11-9-29(10-12-30)8-2-7-26/h3-6,13-15,28H,2,8-12H2,1H3,(H,31,32). The highest BCUT2D eigenvalue weighted by atomic mass is 35.5. The first-order valence-corrected chi connectivity index (χ1v) is 13.0. The Morgan fingerprint density at radius 3 is 2.61 bits per heavy atom. The summed E-state index contributed by atoms with van der Waals surface area (Å²) in [5, 5.41) is 19.2. The van der Waals surface area contributed by atoms with Crippen molar-refractivity contribution in [2.75, 3.05) is 49.5 Å². The van der Waals surface area contributed by atoms with E-state index >= 15 is 0 Å². The predicted octanol–water partition coefficient (Wildman–Crippen LogP) is 3.43. The van der Waals surface area contributed by atoms with E-state index in [1.807, 2.05) is 4.90 Å². The molecular weight excluding hydrogens is 506 g/mol. The van der Waals surface area contributed by atoms with Crippen LogP contribution in [-0.4, -0.2) is 69.2 Å². The monoisotopic (exact) mass is 529 g/mol. The number of aromatic carboxylic acids is 1. The number of aromatic nitrogens is 1. The van der Waals surface area contributed by atoms with Crippen molar-refractivity contribution >= 4 is 50.0 Å². The molecule has 10 nitrogen and oxygen atoms in total. The first-order chi connectivity index (χ1) is 17.2. The Balaban J connectivity index is 1.64. The Bertz CT molecular complexity index is 1450. The molecule has 3 aromatic rings. The summed E-state index contributed by atoms with van der Waals surface area (Å²) in [5.41, 5.74) is 0.621. The first-order valence-electron chi connectivity index (χ1n) is 11.1. The number of rotatable bonds is 8. The summed E-state index contributed by atoms with van der Waals surface area (Å²) in [6.07, 6.45) is 0.466. The zero-order valence-electron chi connectivity index (χ0n) is 19.4. The number of nitrogens with one attached hydrogen (secondary N) is 1. The maximum atomic E-state index is 13.0. The van der Waals surface area contributed by atoms with E-state index in [9.17, 15) is 18.3 Å². The van der Waals surface area contributed by atoms with E-state index in [4.69, 9.17) is 21.6 Å². The van der Waals surface area contributed by atoms with Crippen LogP contribution in [0.5, 0.6) is 5.75 Å². The Morgan fingerprint density at radius 1 is 1.19 bits per heavy atom. The van der Waals surface area contributed by atoms with Crippen LogP contribution in [0.2, 0.25) is 5.02 Å². The van der Waals surface area contributed by atoms with Gasteiger partial charge in [-0.2, -0.15) is 5.26 Å². The minimum Gasteiger partial charge on any atom is -0.495 e. The summed E-state index contributed by atoms with van der Waals surface area (Å²) < 4.78 is 33.7. The molecule has 0 atom stereocenters. The van der Waals surface area contributed by atoms with Gasteiger partial charge in [0.15, 0.2) is 0 Å². The molecule has 1 aliphatic rings. The molecule has 0 aliphatic carbocycles. The summed E-state index contributed by atoms with van der Waals surface area (Å²) in [5.74, 6) is -0.484. The van der Waals surface area contributed by atoms with Crippen molar-refractivity contribution in [2.24, 2.45) is 0 Å². The van der Waals surface area contributed by atoms with Crippen molar-refractivity contribution in [3.63, 3.8) is 0 Å². The van der Waals surface area contributed by atoms with Gasteiger partial charge < -0.3 is 14.7 Å². The van der Waals surface area contributed by atoms with Crippen LogP contribution in [0.3, 0.4) is 0 Å². The fourth-order valence-corrected chi connectivity index (χ4v) is 5.58. The second-order valence-corrected chi connectivity index (χ2v) is 10.3. The summed E-state index contributed by atoms with van der Waals surface area (Å²) >= 11 is 5.98. The molecule has 0 bridgehead atoms. The van der Waals surface area contributed by atoms with Gasteiger partial charge in [0.2, 0.25) is 0 Å². The zero-order valence-corrected chi connectivity index (χ0v) is 21.0. The smallest absolute Gasteiger partial charge is 0.336 e. The second kappa shape index (κ2) is 10.6. The molecule has 1 fully saturated rings. The van der Waals surface area contributed by atoms with Crippen LogP contribution >= 0.6 is 11.6 Å². The van der Waals surface area contributed by atoms with E-state index in [1.54, 1.807) is 6.07 Å². The molecule has 12 heteroatoms. The number of benzene rings is 2. The molecule has 2 heterocycles. The molecule has 2 N–H and O–H groups in total. The van der Waals surface area contributed by atoms with Gasteiger partial charge in [-0.15, -0.1) is 0 Å². The van der Waals surface area contributed by atoms with Crippen LogP contribution in [-0.2, 0) is 10.0 Å². The predicted molar refractivity (Wildman–Crippen MR) is 136 cm³/mol. The van der Waals surface area contributed by atoms with Crippen molar-refractivity contribution in [1.82, 2.24) is 9.88 Å². The number of carbonyl (C=O) groups is 1. The van der Waals surface area contributed by atoms with Crippen molar-refractivity contribution in [1.29, 1.82) is 5.26 Å². The molecule has 1 aromatic heterocycles. The maximum Gasteiger partial charge on any atom is 0.336 e. The lowest BCUT2D eigenvalue weighted by Crippen LogP contribution is -2.46. The molecular formula is C24H24ClN5O5S. The number of hydrogen-bond donors (Lipinski definition) is 2. The summed E-state index contributed by atoms with van der Waals surface area (Å²) in [6.45, 7) is 3.51. The normalized spacial score (nSPS) is 14.4. The number of anilines is 2. The summed E-state index contributed by atoms with van der Waals surface area (Å²) in [4.78, 5) is 20.8. The van der Waals surface area contributed by atoms with Crippen LogP contribution in [0.25, 0.3) is 10.9 Å². The number of halogens is 1. The molecule has 1 saturated heterocycles. The van der Waals surface area contributed by atoms with Crippen molar-refractivity contribution in [3.05, 3.63) is 53.1 Å². The first kappa shape index (κ1) is 25.5.